The van der Waals surface area contributed by atoms with Crippen LogP contribution in [0, 0.1) is 5.92 Å². The van der Waals surface area contributed by atoms with Crippen LogP contribution in [0.4, 0.5) is 10.6 Å². The lowest BCUT2D eigenvalue weighted by atomic mass is 9.96. The number of hydrogen-bond acceptors (Lipinski definition) is 4. The molecule has 0 saturated carbocycles. The first kappa shape index (κ1) is 17.5. The number of carbonyl (C=O) groups excluding carboxylic acids is 2. The van der Waals surface area contributed by atoms with Gasteiger partial charge >= 0.3 is 6.09 Å². The van der Waals surface area contributed by atoms with Crippen molar-refractivity contribution < 1.29 is 14.3 Å². The van der Waals surface area contributed by atoms with Crippen LogP contribution in [0.2, 0.25) is 5.02 Å². The summed E-state index contributed by atoms with van der Waals surface area (Å²) in [7, 11) is 0. The highest BCUT2D eigenvalue weighted by Gasteiger charge is 2.30. The van der Waals surface area contributed by atoms with Gasteiger partial charge in [0.1, 0.15) is 11.4 Å². The van der Waals surface area contributed by atoms with Crippen LogP contribution >= 0.6 is 11.6 Å². The normalized spacial score (nSPS) is 16.1. The number of nitrogens with one attached hydrogen (secondary N) is 1. The molecule has 1 aromatic rings. The molecule has 0 bridgehead atoms. The third kappa shape index (κ3) is 5.39. The van der Waals surface area contributed by atoms with Gasteiger partial charge in [0.25, 0.3) is 0 Å². The summed E-state index contributed by atoms with van der Waals surface area (Å²) in [4.78, 5) is 29.9. The summed E-state index contributed by atoms with van der Waals surface area (Å²) < 4.78 is 5.34. The Balaban J connectivity index is 1.83. The molecule has 23 heavy (non-hydrogen) atoms. The van der Waals surface area contributed by atoms with E-state index < -0.39 is 5.60 Å². The summed E-state index contributed by atoms with van der Waals surface area (Å²) in [6.45, 7) is 6.54. The number of carbonyl (C=O) groups is 2. The van der Waals surface area contributed by atoms with Crippen LogP contribution in [0.1, 0.15) is 33.6 Å². The van der Waals surface area contributed by atoms with Crippen molar-refractivity contribution in [1.29, 1.82) is 0 Å². The predicted molar refractivity (Wildman–Crippen MR) is 88.4 cm³/mol. The molecule has 6 nitrogen and oxygen atoms in total. The second-order valence-electron chi connectivity index (χ2n) is 6.59. The summed E-state index contributed by atoms with van der Waals surface area (Å²) in [5.41, 5.74) is -0.508. The molecule has 2 amide bonds. The van der Waals surface area contributed by atoms with Crippen molar-refractivity contribution in [3.63, 3.8) is 0 Å². The highest BCUT2D eigenvalue weighted by molar-refractivity contribution is 6.30. The summed E-state index contributed by atoms with van der Waals surface area (Å²) in [5, 5.41) is 3.30. The van der Waals surface area contributed by atoms with E-state index in [1.165, 1.54) is 6.20 Å². The fourth-order valence-corrected chi connectivity index (χ4v) is 2.44. The molecule has 1 aliphatic heterocycles. The average Bonchev–Trinajstić information content (AvgIpc) is 2.48. The van der Waals surface area contributed by atoms with Gasteiger partial charge in [-0.2, -0.15) is 0 Å². The minimum atomic E-state index is -0.508. The lowest BCUT2D eigenvalue weighted by Crippen LogP contribution is -2.43. The zero-order valence-electron chi connectivity index (χ0n) is 13.6. The van der Waals surface area contributed by atoms with Gasteiger partial charge in [0.05, 0.1) is 5.02 Å². The summed E-state index contributed by atoms with van der Waals surface area (Å²) in [6.07, 6.45) is 2.38. The molecule has 0 spiro atoms. The van der Waals surface area contributed by atoms with Crippen molar-refractivity contribution in [3.05, 3.63) is 23.4 Å². The van der Waals surface area contributed by atoms with Gasteiger partial charge in [-0.05, 0) is 45.7 Å². The highest BCUT2D eigenvalue weighted by atomic mass is 35.5. The van der Waals surface area contributed by atoms with Gasteiger partial charge in [-0.15, -0.1) is 0 Å². The summed E-state index contributed by atoms with van der Waals surface area (Å²) >= 11 is 5.76. The molecule has 0 aliphatic carbocycles. The Labute approximate surface area is 141 Å². The van der Waals surface area contributed by atoms with Crippen molar-refractivity contribution in [2.24, 2.45) is 5.92 Å². The van der Waals surface area contributed by atoms with Gasteiger partial charge in [-0.1, -0.05) is 11.6 Å². The fraction of sp³-hybridized carbons (Fsp3) is 0.562. The van der Waals surface area contributed by atoms with Crippen molar-refractivity contribution in [2.75, 3.05) is 18.4 Å². The lowest BCUT2D eigenvalue weighted by molar-refractivity contribution is -0.121. The molecule has 126 valence electrons. The lowest BCUT2D eigenvalue weighted by Gasteiger charge is -2.32. The fourth-order valence-electron chi connectivity index (χ4n) is 2.33. The first-order chi connectivity index (χ1) is 10.7. The summed E-state index contributed by atoms with van der Waals surface area (Å²) in [6, 6.07) is 3.34. The molecule has 1 aromatic heterocycles. The molecule has 0 radical (unpaired) electrons. The number of hydrogen-bond donors (Lipinski definition) is 1. The molecule has 0 aromatic carbocycles. The molecular weight excluding hydrogens is 318 g/mol. The summed E-state index contributed by atoms with van der Waals surface area (Å²) in [5.74, 6) is 0.267. The SMILES string of the molecule is CC(C)(C)OC(=O)N1CCC(C(=O)Nc2ccc(Cl)cn2)CC1. The number of piperidine rings is 1. The molecule has 0 unspecified atom stereocenters. The van der Waals surface area contributed by atoms with Crippen molar-refractivity contribution in [2.45, 2.75) is 39.2 Å². The Kier molecular flexibility index (Phi) is 5.46. The number of nitrogens with zero attached hydrogens (tertiary/aromatic N) is 2. The maximum Gasteiger partial charge on any atom is 0.410 e. The molecule has 2 rings (SSSR count). The maximum atomic E-state index is 12.2. The molecule has 1 N–H and O–H groups in total. The molecule has 2 heterocycles. The van der Waals surface area contributed by atoms with Crippen molar-refractivity contribution in [1.82, 2.24) is 9.88 Å². The smallest absolute Gasteiger partial charge is 0.410 e. The number of aromatic nitrogens is 1. The zero-order chi connectivity index (χ0) is 17.0. The molecule has 1 fully saturated rings. The molecule has 1 saturated heterocycles. The Morgan fingerprint density at radius 1 is 1.30 bits per heavy atom. The quantitative estimate of drug-likeness (QED) is 0.897. The van der Waals surface area contributed by atoms with Crippen LogP contribution in [0.3, 0.4) is 0 Å². The van der Waals surface area contributed by atoms with E-state index in [1.807, 2.05) is 20.8 Å². The second kappa shape index (κ2) is 7.17. The first-order valence-corrected chi connectivity index (χ1v) is 8.03. The number of anilines is 1. The topological polar surface area (TPSA) is 71.5 Å². The van der Waals surface area contributed by atoms with Crippen molar-refractivity contribution in [3.8, 4) is 0 Å². The monoisotopic (exact) mass is 339 g/mol. The minimum absolute atomic E-state index is 0.0799. The van der Waals surface area contributed by atoms with E-state index in [2.05, 4.69) is 10.3 Å². The number of ether oxygens (including phenoxy) is 1. The average molecular weight is 340 g/mol. The Hall–Kier alpha value is -1.82. The van der Waals surface area contributed by atoms with E-state index in [1.54, 1.807) is 17.0 Å². The predicted octanol–water partition coefficient (Wildman–Crippen LogP) is 3.32. The molecule has 7 heteroatoms. The molecule has 0 atom stereocenters. The van der Waals surface area contributed by atoms with E-state index in [-0.39, 0.29) is 17.9 Å². The molecule has 1 aliphatic rings. The number of pyridine rings is 1. The third-order valence-electron chi connectivity index (χ3n) is 3.50. The maximum absolute atomic E-state index is 12.2. The van der Waals surface area contributed by atoms with Crippen molar-refractivity contribution >= 4 is 29.4 Å². The van der Waals surface area contributed by atoms with Crippen LogP contribution in [-0.4, -0.2) is 40.6 Å². The Morgan fingerprint density at radius 3 is 2.48 bits per heavy atom. The van der Waals surface area contributed by atoms with Gasteiger partial charge in [-0.25, -0.2) is 9.78 Å². The van der Waals surface area contributed by atoms with E-state index in [4.69, 9.17) is 16.3 Å². The van der Waals surface area contributed by atoms with Gasteiger partial charge in [-0.3, -0.25) is 4.79 Å². The van der Waals surface area contributed by atoms with Crippen LogP contribution in [-0.2, 0) is 9.53 Å². The van der Waals surface area contributed by atoms with Gasteiger partial charge < -0.3 is 15.0 Å². The zero-order valence-corrected chi connectivity index (χ0v) is 14.4. The van der Waals surface area contributed by atoms with Crippen LogP contribution in [0.25, 0.3) is 0 Å². The number of halogens is 1. The number of rotatable bonds is 2. The van der Waals surface area contributed by atoms with Gasteiger partial charge in [0, 0.05) is 25.2 Å². The third-order valence-corrected chi connectivity index (χ3v) is 3.72. The minimum Gasteiger partial charge on any atom is -0.444 e. The highest BCUT2D eigenvalue weighted by Crippen LogP contribution is 2.21. The van der Waals surface area contributed by atoms with Crippen LogP contribution < -0.4 is 5.32 Å². The van der Waals surface area contributed by atoms with Crippen LogP contribution in [0.5, 0.6) is 0 Å². The second-order valence-corrected chi connectivity index (χ2v) is 7.03. The largest absolute Gasteiger partial charge is 0.444 e. The Bertz CT molecular complexity index is 561. The molecular formula is C16H22ClN3O3. The Morgan fingerprint density at radius 2 is 1.96 bits per heavy atom. The number of likely N-dealkylation sites (tertiary alicyclic amines) is 1. The van der Waals surface area contributed by atoms with E-state index in [0.717, 1.165) is 0 Å². The van der Waals surface area contributed by atoms with Gasteiger partial charge in [0.15, 0.2) is 0 Å². The number of amides is 2. The van der Waals surface area contributed by atoms with Crippen LogP contribution in [0.15, 0.2) is 18.3 Å². The first-order valence-electron chi connectivity index (χ1n) is 7.65. The van der Waals surface area contributed by atoms with Gasteiger partial charge in [0.2, 0.25) is 5.91 Å². The van der Waals surface area contributed by atoms with E-state index >= 15 is 0 Å². The van der Waals surface area contributed by atoms with E-state index in [0.29, 0.717) is 36.8 Å². The van der Waals surface area contributed by atoms with E-state index in [9.17, 15) is 9.59 Å². The standard InChI is InChI=1S/C16H22ClN3O3/c1-16(2,3)23-15(22)20-8-6-11(7-9-20)14(21)19-13-5-4-12(17)10-18-13/h4-5,10-11H,6-9H2,1-3H3,(H,18,19,21).